The summed E-state index contributed by atoms with van der Waals surface area (Å²) in [5.41, 5.74) is 7.59. The summed E-state index contributed by atoms with van der Waals surface area (Å²) in [5, 5.41) is 7.10. The van der Waals surface area contributed by atoms with Gasteiger partial charge in [-0.2, -0.15) is 0 Å². The lowest BCUT2D eigenvalue weighted by Crippen LogP contribution is -2.38. The SMILES string of the molecule is CCOC(=O)CNC(=O)NCc1ccc(N)c2ccccc12. The zero-order chi connectivity index (χ0) is 15.9. The van der Waals surface area contributed by atoms with Crippen LogP contribution in [0.3, 0.4) is 0 Å². The van der Waals surface area contributed by atoms with Crippen molar-refractivity contribution >= 4 is 28.5 Å². The summed E-state index contributed by atoms with van der Waals surface area (Å²) < 4.78 is 4.73. The maximum absolute atomic E-state index is 11.7. The normalized spacial score (nSPS) is 10.2. The average molecular weight is 301 g/mol. The number of hydrogen-bond acceptors (Lipinski definition) is 4. The first-order chi connectivity index (χ1) is 10.6. The van der Waals surface area contributed by atoms with Crippen molar-refractivity contribution in [3.05, 3.63) is 42.0 Å². The van der Waals surface area contributed by atoms with Crippen molar-refractivity contribution in [3.63, 3.8) is 0 Å². The molecule has 22 heavy (non-hydrogen) atoms. The molecule has 4 N–H and O–H groups in total. The second kappa shape index (κ2) is 7.31. The fourth-order valence-corrected chi connectivity index (χ4v) is 2.14. The van der Waals surface area contributed by atoms with Crippen LogP contribution < -0.4 is 16.4 Å². The van der Waals surface area contributed by atoms with E-state index in [9.17, 15) is 9.59 Å². The number of esters is 1. The molecular formula is C16H19N3O3. The predicted octanol–water partition coefficient (Wildman–Crippen LogP) is 1.78. The fraction of sp³-hybridized carbons (Fsp3) is 0.250. The molecule has 0 heterocycles. The topological polar surface area (TPSA) is 93.4 Å². The summed E-state index contributed by atoms with van der Waals surface area (Å²) >= 11 is 0. The van der Waals surface area contributed by atoms with Gasteiger partial charge < -0.3 is 21.1 Å². The van der Waals surface area contributed by atoms with Gasteiger partial charge in [-0.3, -0.25) is 4.79 Å². The summed E-state index contributed by atoms with van der Waals surface area (Å²) in [7, 11) is 0. The average Bonchev–Trinajstić information content (AvgIpc) is 2.53. The molecule has 0 radical (unpaired) electrons. The fourth-order valence-electron chi connectivity index (χ4n) is 2.14. The van der Waals surface area contributed by atoms with Crippen molar-refractivity contribution in [2.24, 2.45) is 0 Å². The highest BCUT2D eigenvalue weighted by Crippen LogP contribution is 2.24. The number of ether oxygens (including phenoxy) is 1. The van der Waals surface area contributed by atoms with Crippen molar-refractivity contribution in [2.45, 2.75) is 13.5 Å². The molecule has 0 bridgehead atoms. The lowest BCUT2D eigenvalue weighted by Gasteiger charge is -2.11. The quantitative estimate of drug-likeness (QED) is 0.579. The van der Waals surface area contributed by atoms with E-state index in [2.05, 4.69) is 10.6 Å². The van der Waals surface area contributed by atoms with Gasteiger partial charge in [-0.1, -0.05) is 30.3 Å². The molecule has 0 spiro atoms. The Labute approximate surface area is 128 Å². The minimum Gasteiger partial charge on any atom is -0.465 e. The molecule has 0 atom stereocenters. The molecule has 2 aromatic rings. The Kier molecular flexibility index (Phi) is 5.19. The molecular weight excluding hydrogens is 282 g/mol. The van der Waals surface area contributed by atoms with E-state index in [0.717, 1.165) is 16.3 Å². The van der Waals surface area contributed by atoms with E-state index >= 15 is 0 Å². The largest absolute Gasteiger partial charge is 0.465 e. The summed E-state index contributed by atoms with van der Waals surface area (Å²) in [5.74, 6) is -0.462. The predicted molar refractivity (Wildman–Crippen MR) is 85.2 cm³/mol. The summed E-state index contributed by atoms with van der Waals surface area (Å²) in [6.45, 7) is 2.20. The number of nitrogens with one attached hydrogen (secondary N) is 2. The van der Waals surface area contributed by atoms with Crippen molar-refractivity contribution in [1.29, 1.82) is 0 Å². The summed E-state index contributed by atoms with van der Waals surface area (Å²) in [6, 6.07) is 11.0. The van der Waals surface area contributed by atoms with Crippen molar-refractivity contribution < 1.29 is 14.3 Å². The highest BCUT2D eigenvalue weighted by atomic mass is 16.5. The lowest BCUT2D eigenvalue weighted by molar-refractivity contribution is -0.141. The zero-order valence-electron chi connectivity index (χ0n) is 12.4. The van der Waals surface area contributed by atoms with Crippen LogP contribution in [0.1, 0.15) is 12.5 Å². The first kappa shape index (κ1) is 15.6. The van der Waals surface area contributed by atoms with E-state index in [0.29, 0.717) is 18.8 Å². The Morgan fingerprint density at radius 1 is 1.09 bits per heavy atom. The van der Waals surface area contributed by atoms with Gasteiger partial charge in [0.25, 0.3) is 0 Å². The van der Waals surface area contributed by atoms with Gasteiger partial charge in [0.15, 0.2) is 0 Å². The smallest absolute Gasteiger partial charge is 0.325 e. The molecule has 6 heteroatoms. The van der Waals surface area contributed by atoms with Gasteiger partial charge in [0.2, 0.25) is 0 Å². The molecule has 0 aromatic heterocycles. The molecule has 2 amide bonds. The van der Waals surface area contributed by atoms with Crippen LogP contribution in [-0.4, -0.2) is 25.2 Å². The summed E-state index contributed by atoms with van der Waals surface area (Å²) in [6.07, 6.45) is 0. The first-order valence-electron chi connectivity index (χ1n) is 7.05. The molecule has 0 aliphatic carbocycles. The van der Waals surface area contributed by atoms with Gasteiger partial charge in [0.1, 0.15) is 6.54 Å². The number of urea groups is 1. The van der Waals surface area contributed by atoms with Crippen LogP contribution in [0.15, 0.2) is 36.4 Å². The second-order valence-electron chi connectivity index (χ2n) is 4.70. The molecule has 0 unspecified atom stereocenters. The number of benzene rings is 2. The van der Waals surface area contributed by atoms with Crippen molar-refractivity contribution in [3.8, 4) is 0 Å². The van der Waals surface area contributed by atoms with Gasteiger partial charge >= 0.3 is 12.0 Å². The van der Waals surface area contributed by atoms with Gasteiger partial charge in [0.05, 0.1) is 6.61 Å². The third-order valence-corrected chi connectivity index (χ3v) is 3.19. The van der Waals surface area contributed by atoms with Crippen molar-refractivity contribution in [1.82, 2.24) is 10.6 Å². The van der Waals surface area contributed by atoms with E-state index in [-0.39, 0.29) is 6.54 Å². The number of fused-ring (bicyclic) bond motifs is 1. The highest BCUT2D eigenvalue weighted by molar-refractivity contribution is 5.95. The molecule has 6 nitrogen and oxygen atoms in total. The third-order valence-electron chi connectivity index (χ3n) is 3.19. The number of nitrogens with two attached hydrogens (primary N) is 1. The number of hydrogen-bond donors (Lipinski definition) is 3. The molecule has 0 saturated heterocycles. The van der Waals surface area contributed by atoms with Gasteiger partial charge in [-0.25, -0.2) is 4.79 Å². The highest BCUT2D eigenvalue weighted by Gasteiger charge is 2.07. The molecule has 116 valence electrons. The van der Waals surface area contributed by atoms with Crippen LogP contribution >= 0.6 is 0 Å². The maximum atomic E-state index is 11.7. The van der Waals surface area contributed by atoms with Crippen LogP contribution in [0, 0.1) is 0 Å². The number of carbonyl (C=O) groups is 2. The Morgan fingerprint density at radius 2 is 1.82 bits per heavy atom. The zero-order valence-corrected chi connectivity index (χ0v) is 12.4. The van der Waals surface area contributed by atoms with Crippen molar-refractivity contribution in [2.75, 3.05) is 18.9 Å². The Hall–Kier alpha value is -2.76. The van der Waals surface area contributed by atoms with Crippen LogP contribution in [0.4, 0.5) is 10.5 Å². The molecule has 0 fully saturated rings. The molecule has 0 aliphatic rings. The molecule has 2 aromatic carbocycles. The van der Waals surface area contributed by atoms with Crippen LogP contribution in [0.5, 0.6) is 0 Å². The monoisotopic (exact) mass is 301 g/mol. The second-order valence-corrected chi connectivity index (χ2v) is 4.70. The van der Waals surface area contributed by atoms with Crippen LogP contribution in [-0.2, 0) is 16.1 Å². The van der Waals surface area contributed by atoms with Crippen LogP contribution in [0.25, 0.3) is 10.8 Å². The van der Waals surface area contributed by atoms with Gasteiger partial charge in [0, 0.05) is 17.6 Å². The standard InChI is InChI=1S/C16H19N3O3/c1-2-22-15(20)10-19-16(21)18-9-11-7-8-14(17)13-6-4-3-5-12(11)13/h3-8H,2,9-10,17H2,1H3,(H2,18,19,21). The number of rotatable bonds is 5. The number of carbonyl (C=O) groups excluding carboxylic acids is 2. The Morgan fingerprint density at radius 3 is 2.55 bits per heavy atom. The van der Waals surface area contributed by atoms with E-state index < -0.39 is 12.0 Å². The Balaban J connectivity index is 1.96. The van der Waals surface area contributed by atoms with E-state index in [1.165, 1.54) is 0 Å². The molecule has 0 aliphatic heterocycles. The van der Waals surface area contributed by atoms with E-state index in [1.54, 1.807) is 6.92 Å². The van der Waals surface area contributed by atoms with Gasteiger partial charge in [-0.05, 0) is 23.9 Å². The molecule has 2 rings (SSSR count). The Bertz CT molecular complexity index is 685. The number of nitrogen functional groups attached to an aromatic ring is 1. The number of anilines is 1. The number of amides is 2. The minimum absolute atomic E-state index is 0.151. The third kappa shape index (κ3) is 3.88. The molecule has 0 saturated carbocycles. The van der Waals surface area contributed by atoms with E-state index in [1.807, 2.05) is 36.4 Å². The van der Waals surface area contributed by atoms with Gasteiger partial charge in [-0.15, -0.1) is 0 Å². The maximum Gasteiger partial charge on any atom is 0.325 e. The van der Waals surface area contributed by atoms with E-state index in [4.69, 9.17) is 10.5 Å². The minimum atomic E-state index is -0.462. The lowest BCUT2D eigenvalue weighted by atomic mass is 10.0. The van der Waals surface area contributed by atoms with Crippen LogP contribution in [0.2, 0.25) is 0 Å². The first-order valence-corrected chi connectivity index (χ1v) is 7.05. The summed E-state index contributed by atoms with van der Waals surface area (Å²) in [4.78, 5) is 22.8.